The summed E-state index contributed by atoms with van der Waals surface area (Å²) < 4.78 is 11.7. The van der Waals surface area contributed by atoms with Gasteiger partial charge < -0.3 is 14.8 Å². The van der Waals surface area contributed by atoms with Gasteiger partial charge in [0.05, 0.1) is 13.2 Å². The van der Waals surface area contributed by atoms with Crippen LogP contribution in [0.5, 0.6) is 11.5 Å². The van der Waals surface area contributed by atoms with Crippen molar-refractivity contribution in [1.29, 1.82) is 0 Å². The zero-order chi connectivity index (χ0) is 18.6. The molecule has 1 atom stereocenters. The van der Waals surface area contributed by atoms with Crippen molar-refractivity contribution in [3.63, 3.8) is 0 Å². The first-order chi connectivity index (χ1) is 13.3. The molecule has 0 radical (unpaired) electrons. The van der Waals surface area contributed by atoms with Gasteiger partial charge in [0.15, 0.2) is 11.5 Å². The molecule has 0 bridgehead atoms. The number of aromatic nitrogens is 1. The highest BCUT2D eigenvalue weighted by Crippen LogP contribution is 2.38. The molecule has 3 aromatic rings. The van der Waals surface area contributed by atoms with Crippen molar-refractivity contribution in [2.24, 2.45) is 0 Å². The first-order valence-electron chi connectivity index (χ1n) is 9.27. The summed E-state index contributed by atoms with van der Waals surface area (Å²) in [4.78, 5) is 4.23. The van der Waals surface area contributed by atoms with Gasteiger partial charge >= 0.3 is 0 Å². The second kappa shape index (κ2) is 7.80. The van der Waals surface area contributed by atoms with Crippen LogP contribution in [0, 0.1) is 6.92 Å². The standard InChI is InChI=1S/C23H24N2O2/c1-16-14-24-10-9-19(16)23-20-13-22(27-15-17-6-4-3-5-7-17)21(26-2)12-18(20)8-11-25-23/h3-7,9-10,12-14,23,25H,8,11,15H2,1-2H3. The predicted octanol–water partition coefficient (Wildman–Crippen LogP) is 4.21. The van der Waals surface area contributed by atoms with Gasteiger partial charge in [-0.2, -0.15) is 0 Å². The molecule has 0 spiro atoms. The van der Waals surface area contributed by atoms with Gasteiger partial charge in [-0.25, -0.2) is 0 Å². The van der Waals surface area contributed by atoms with Crippen LogP contribution in [0.3, 0.4) is 0 Å². The lowest BCUT2D eigenvalue weighted by molar-refractivity contribution is 0.283. The first kappa shape index (κ1) is 17.6. The highest BCUT2D eigenvalue weighted by molar-refractivity contribution is 5.52. The number of nitrogens with zero attached hydrogens (tertiary/aromatic N) is 1. The Kier molecular flexibility index (Phi) is 5.07. The van der Waals surface area contributed by atoms with Crippen LogP contribution in [0.2, 0.25) is 0 Å². The van der Waals surface area contributed by atoms with Gasteiger partial charge in [-0.05, 0) is 59.4 Å². The Morgan fingerprint density at radius 2 is 1.93 bits per heavy atom. The number of ether oxygens (including phenoxy) is 2. The lowest BCUT2D eigenvalue weighted by atomic mass is 9.88. The molecule has 0 aliphatic carbocycles. The third kappa shape index (κ3) is 3.67. The van der Waals surface area contributed by atoms with Gasteiger partial charge in [0.1, 0.15) is 6.61 Å². The number of pyridine rings is 1. The normalized spacial score (nSPS) is 15.9. The van der Waals surface area contributed by atoms with E-state index in [0.29, 0.717) is 6.61 Å². The molecular formula is C23H24N2O2. The molecule has 1 unspecified atom stereocenters. The second-order valence-electron chi connectivity index (χ2n) is 6.85. The Balaban J connectivity index is 1.69. The molecule has 1 aromatic heterocycles. The molecule has 4 nitrogen and oxygen atoms in total. The molecule has 1 aliphatic heterocycles. The van der Waals surface area contributed by atoms with E-state index in [1.54, 1.807) is 7.11 Å². The number of benzene rings is 2. The molecule has 0 amide bonds. The molecule has 0 fully saturated rings. The van der Waals surface area contributed by atoms with E-state index in [-0.39, 0.29) is 6.04 Å². The van der Waals surface area contributed by atoms with Crippen LogP contribution in [-0.2, 0) is 13.0 Å². The molecule has 4 heteroatoms. The van der Waals surface area contributed by atoms with E-state index in [1.165, 1.54) is 22.3 Å². The Morgan fingerprint density at radius 3 is 2.70 bits per heavy atom. The largest absolute Gasteiger partial charge is 0.493 e. The van der Waals surface area contributed by atoms with Gasteiger partial charge in [0.2, 0.25) is 0 Å². The number of methoxy groups -OCH3 is 1. The number of fused-ring (bicyclic) bond motifs is 1. The van der Waals surface area contributed by atoms with E-state index < -0.39 is 0 Å². The molecule has 2 heterocycles. The second-order valence-corrected chi connectivity index (χ2v) is 6.85. The van der Waals surface area contributed by atoms with E-state index in [1.807, 2.05) is 30.6 Å². The lowest BCUT2D eigenvalue weighted by Gasteiger charge is -2.29. The summed E-state index contributed by atoms with van der Waals surface area (Å²) in [6.07, 6.45) is 4.75. The van der Waals surface area contributed by atoms with Crippen LogP contribution < -0.4 is 14.8 Å². The average molecular weight is 360 g/mol. The van der Waals surface area contributed by atoms with E-state index in [2.05, 4.69) is 47.6 Å². The fourth-order valence-electron chi connectivity index (χ4n) is 3.66. The average Bonchev–Trinajstić information content (AvgIpc) is 2.72. The molecule has 4 rings (SSSR count). The minimum absolute atomic E-state index is 0.140. The van der Waals surface area contributed by atoms with Crippen molar-refractivity contribution in [2.75, 3.05) is 13.7 Å². The smallest absolute Gasteiger partial charge is 0.162 e. The third-order valence-electron chi connectivity index (χ3n) is 5.09. The van der Waals surface area contributed by atoms with Crippen LogP contribution in [0.4, 0.5) is 0 Å². The SMILES string of the molecule is COc1cc2c(cc1OCc1ccccc1)C(c1ccncc1C)NCC2. The maximum atomic E-state index is 6.13. The topological polar surface area (TPSA) is 43.4 Å². The van der Waals surface area contributed by atoms with Crippen LogP contribution in [-0.4, -0.2) is 18.6 Å². The maximum absolute atomic E-state index is 6.13. The van der Waals surface area contributed by atoms with Crippen molar-refractivity contribution in [2.45, 2.75) is 26.0 Å². The maximum Gasteiger partial charge on any atom is 0.162 e. The Hall–Kier alpha value is -2.85. The zero-order valence-electron chi connectivity index (χ0n) is 15.7. The summed E-state index contributed by atoms with van der Waals surface area (Å²) in [6, 6.07) is 16.7. The first-order valence-corrected chi connectivity index (χ1v) is 9.27. The van der Waals surface area contributed by atoms with Gasteiger partial charge in [-0.3, -0.25) is 4.98 Å². The zero-order valence-corrected chi connectivity index (χ0v) is 15.7. The van der Waals surface area contributed by atoms with Crippen molar-refractivity contribution in [3.05, 3.63) is 88.7 Å². The highest BCUT2D eigenvalue weighted by atomic mass is 16.5. The fourth-order valence-corrected chi connectivity index (χ4v) is 3.66. The summed E-state index contributed by atoms with van der Waals surface area (Å²) in [6.45, 7) is 3.56. The van der Waals surface area contributed by atoms with E-state index in [9.17, 15) is 0 Å². The molecule has 1 aliphatic rings. The monoisotopic (exact) mass is 360 g/mol. The Morgan fingerprint density at radius 1 is 1.07 bits per heavy atom. The predicted molar refractivity (Wildman–Crippen MR) is 106 cm³/mol. The van der Waals surface area contributed by atoms with Crippen LogP contribution in [0.1, 0.15) is 33.9 Å². The quantitative estimate of drug-likeness (QED) is 0.740. The summed E-state index contributed by atoms with van der Waals surface area (Å²) in [5.74, 6) is 1.57. The molecular weight excluding hydrogens is 336 g/mol. The van der Waals surface area contributed by atoms with Gasteiger partial charge in [-0.1, -0.05) is 30.3 Å². The molecule has 0 saturated carbocycles. The number of aryl methyl sites for hydroxylation is 1. The number of hydrogen-bond donors (Lipinski definition) is 1. The summed E-state index contributed by atoms with van der Waals surface area (Å²) in [5, 5.41) is 3.65. The Labute approximate surface area is 160 Å². The minimum Gasteiger partial charge on any atom is -0.493 e. The van der Waals surface area contributed by atoms with Gasteiger partial charge in [-0.15, -0.1) is 0 Å². The van der Waals surface area contributed by atoms with Crippen molar-refractivity contribution in [3.8, 4) is 11.5 Å². The van der Waals surface area contributed by atoms with Crippen LogP contribution in [0.25, 0.3) is 0 Å². The van der Waals surface area contributed by atoms with Crippen molar-refractivity contribution >= 4 is 0 Å². The summed E-state index contributed by atoms with van der Waals surface area (Å²) in [7, 11) is 1.70. The molecule has 1 N–H and O–H groups in total. The molecule has 27 heavy (non-hydrogen) atoms. The van der Waals surface area contributed by atoms with E-state index in [0.717, 1.165) is 30.0 Å². The number of rotatable bonds is 5. The van der Waals surface area contributed by atoms with Gasteiger partial charge in [0.25, 0.3) is 0 Å². The highest BCUT2D eigenvalue weighted by Gasteiger charge is 2.25. The fraction of sp³-hybridized carbons (Fsp3) is 0.261. The molecule has 138 valence electrons. The van der Waals surface area contributed by atoms with Gasteiger partial charge in [0, 0.05) is 18.9 Å². The minimum atomic E-state index is 0.140. The van der Waals surface area contributed by atoms with Crippen LogP contribution >= 0.6 is 0 Å². The lowest BCUT2D eigenvalue weighted by Crippen LogP contribution is -2.31. The Bertz CT molecular complexity index is 925. The summed E-state index contributed by atoms with van der Waals surface area (Å²) >= 11 is 0. The molecule has 2 aromatic carbocycles. The third-order valence-corrected chi connectivity index (χ3v) is 5.09. The number of nitrogens with one attached hydrogen (secondary N) is 1. The van der Waals surface area contributed by atoms with Crippen molar-refractivity contribution in [1.82, 2.24) is 10.3 Å². The summed E-state index contributed by atoms with van der Waals surface area (Å²) in [5.41, 5.74) is 6.13. The number of hydrogen-bond acceptors (Lipinski definition) is 4. The molecule has 0 saturated heterocycles. The van der Waals surface area contributed by atoms with E-state index in [4.69, 9.17) is 9.47 Å². The van der Waals surface area contributed by atoms with Crippen LogP contribution in [0.15, 0.2) is 60.9 Å². The van der Waals surface area contributed by atoms with E-state index >= 15 is 0 Å². The van der Waals surface area contributed by atoms with Crippen molar-refractivity contribution < 1.29 is 9.47 Å².